The van der Waals surface area contributed by atoms with Gasteiger partial charge in [0, 0.05) is 5.56 Å². The number of benzene rings is 2. The topological polar surface area (TPSA) is 67.4 Å². The van der Waals surface area contributed by atoms with Crippen molar-refractivity contribution in [3.05, 3.63) is 65.5 Å². The predicted octanol–water partition coefficient (Wildman–Crippen LogP) is 2.40. The Morgan fingerprint density at radius 3 is 2.71 bits per heavy atom. The van der Waals surface area contributed by atoms with Gasteiger partial charge in [-0.1, -0.05) is 30.3 Å². The van der Waals surface area contributed by atoms with Crippen molar-refractivity contribution < 1.29 is 4.39 Å². The lowest BCUT2D eigenvalue weighted by Gasteiger charge is -2.02. The molecule has 0 unspecified atom stereocenters. The fourth-order valence-corrected chi connectivity index (χ4v) is 1.97. The van der Waals surface area contributed by atoms with Gasteiger partial charge in [0.25, 0.3) is 0 Å². The fraction of sp³-hybridized carbons (Fsp3) is 0.0667. The minimum Gasteiger partial charge on any atom is -0.207 e. The van der Waals surface area contributed by atoms with Crippen LogP contribution in [0.4, 0.5) is 4.39 Å². The van der Waals surface area contributed by atoms with Crippen LogP contribution in [0.25, 0.3) is 11.4 Å². The summed E-state index contributed by atoms with van der Waals surface area (Å²) in [4.78, 5) is 1.35. The molecule has 0 N–H and O–H groups in total. The third kappa shape index (κ3) is 2.77. The molecule has 3 aromatic rings. The SMILES string of the molecule is N#Cc1ccc(F)cc1Cn1nnc(-c2ccccc2)n1. The molecule has 1 heterocycles. The molecule has 5 nitrogen and oxygen atoms in total. The lowest BCUT2D eigenvalue weighted by Crippen LogP contribution is -2.06. The van der Waals surface area contributed by atoms with Crippen LogP contribution in [0.2, 0.25) is 0 Å². The van der Waals surface area contributed by atoms with E-state index in [1.807, 2.05) is 36.4 Å². The Balaban J connectivity index is 1.89. The summed E-state index contributed by atoms with van der Waals surface area (Å²) >= 11 is 0. The van der Waals surface area contributed by atoms with E-state index in [-0.39, 0.29) is 6.54 Å². The largest absolute Gasteiger partial charge is 0.207 e. The molecule has 0 aliphatic heterocycles. The molecule has 3 rings (SSSR count). The van der Waals surface area contributed by atoms with Gasteiger partial charge in [0.05, 0.1) is 18.2 Å². The average Bonchev–Trinajstić information content (AvgIpc) is 2.97. The highest BCUT2D eigenvalue weighted by molar-refractivity contribution is 5.53. The number of hydrogen-bond donors (Lipinski definition) is 0. The Labute approximate surface area is 120 Å². The summed E-state index contributed by atoms with van der Waals surface area (Å²) in [6.07, 6.45) is 0. The molecular weight excluding hydrogens is 269 g/mol. The van der Waals surface area contributed by atoms with Crippen LogP contribution in [-0.2, 0) is 6.54 Å². The van der Waals surface area contributed by atoms with E-state index in [0.29, 0.717) is 17.0 Å². The van der Waals surface area contributed by atoms with Crippen molar-refractivity contribution >= 4 is 0 Å². The van der Waals surface area contributed by atoms with Crippen molar-refractivity contribution in [3.8, 4) is 17.5 Å². The minimum atomic E-state index is -0.396. The molecule has 102 valence electrons. The molecule has 0 aliphatic rings. The summed E-state index contributed by atoms with van der Waals surface area (Å²) in [5.74, 6) is 0.0953. The molecule has 0 saturated heterocycles. The van der Waals surface area contributed by atoms with Gasteiger partial charge in [-0.05, 0) is 29.0 Å². The first-order valence-corrected chi connectivity index (χ1v) is 6.28. The molecule has 1 aromatic heterocycles. The van der Waals surface area contributed by atoms with Crippen LogP contribution in [0.3, 0.4) is 0 Å². The van der Waals surface area contributed by atoms with Gasteiger partial charge in [-0.25, -0.2) is 4.39 Å². The quantitative estimate of drug-likeness (QED) is 0.738. The molecule has 0 fully saturated rings. The van der Waals surface area contributed by atoms with Gasteiger partial charge >= 0.3 is 0 Å². The highest BCUT2D eigenvalue weighted by atomic mass is 19.1. The zero-order valence-electron chi connectivity index (χ0n) is 10.9. The molecular formula is C15H10FN5. The first kappa shape index (κ1) is 12.9. The molecule has 0 amide bonds. The standard InChI is InChI=1S/C15H10FN5/c16-14-7-6-12(9-17)13(8-14)10-21-19-15(18-20-21)11-4-2-1-3-5-11/h1-8H,10H2. The summed E-state index contributed by atoms with van der Waals surface area (Å²) in [7, 11) is 0. The second kappa shape index (κ2) is 5.51. The highest BCUT2D eigenvalue weighted by Gasteiger charge is 2.09. The highest BCUT2D eigenvalue weighted by Crippen LogP contribution is 2.14. The van der Waals surface area contributed by atoms with E-state index in [9.17, 15) is 4.39 Å². The molecule has 0 saturated carbocycles. The molecule has 6 heteroatoms. The first-order chi connectivity index (χ1) is 10.3. The normalized spacial score (nSPS) is 10.3. The van der Waals surface area contributed by atoms with Crippen molar-refractivity contribution in [1.29, 1.82) is 5.26 Å². The van der Waals surface area contributed by atoms with Gasteiger partial charge in [-0.15, -0.1) is 10.2 Å². The number of hydrogen-bond acceptors (Lipinski definition) is 4. The van der Waals surface area contributed by atoms with E-state index in [1.54, 1.807) is 0 Å². The van der Waals surface area contributed by atoms with Gasteiger partial charge in [0.1, 0.15) is 5.82 Å². The first-order valence-electron chi connectivity index (χ1n) is 6.28. The van der Waals surface area contributed by atoms with Gasteiger partial charge in [0.2, 0.25) is 5.82 Å². The van der Waals surface area contributed by atoms with Crippen LogP contribution in [0, 0.1) is 17.1 Å². The Hall–Kier alpha value is -3.07. The second-order valence-corrected chi connectivity index (χ2v) is 4.42. The van der Waals surface area contributed by atoms with E-state index in [4.69, 9.17) is 5.26 Å². The zero-order chi connectivity index (χ0) is 14.7. The van der Waals surface area contributed by atoms with E-state index >= 15 is 0 Å². The summed E-state index contributed by atoms with van der Waals surface area (Å²) in [6.45, 7) is 0.195. The maximum atomic E-state index is 13.3. The smallest absolute Gasteiger partial charge is 0.204 e. The van der Waals surface area contributed by atoms with Crippen molar-refractivity contribution in [2.45, 2.75) is 6.54 Å². The summed E-state index contributed by atoms with van der Waals surface area (Å²) in [5, 5.41) is 21.2. The number of aromatic nitrogens is 4. The Morgan fingerprint density at radius 2 is 1.95 bits per heavy atom. The lowest BCUT2D eigenvalue weighted by atomic mass is 10.1. The van der Waals surface area contributed by atoms with Crippen LogP contribution in [0.1, 0.15) is 11.1 Å². The van der Waals surface area contributed by atoms with Crippen LogP contribution in [0.5, 0.6) is 0 Å². The number of rotatable bonds is 3. The Morgan fingerprint density at radius 1 is 1.14 bits per heavy atom. The number of tetrazole rings is 1. The third-order valence-electron chi connectivity index (χ3n) is 2.98. The van der Waals surface area contributed by atoms with E-state index in [1.165, 1.54) is 23.0 Å². The summed E-state index contributed by atoms with van der Waals surface area (Å²) in [5.41, 5.74) is 1.77. The van der Waals surface area contributed by atoms with E-state index in [2.05, 4.69) is 15.4 Å². The van der Waals surface area contributed by atoms with Gasteiger partial charge in [-0.3, -0.25) is 0 Å². The van der Waals surface area contributed by atoms with Gasteiger partial charge in [-0.2, -0.15) is 10.1 Å². The van der Waals surface area contributed by atoms with Crippen molar-refractivity contribution in [2.24, 2.45) is 0 Å². The number of nitrogens with zero attached hydrogens (tertiary/aromatic N) is 5. The lowest BCUT2D eigenvalue weighted by molar-refractivity contribution is 0.566. The van der Waals surface area contributed by atoms with Crippen LogP contribution < -0.4 is 0 Å². The molecule has 0 atom stereocenters. The maximum Gasteiger partial charge on any atom is 0.204 e. The van der Waals surface area contributed by atoms with Crippen LogP contribution >= 0.6 is 0 Å². The maximum absolute atomic E-state index is 13.3. The van der Waals surface area contributed by atoms with Gasteiger partial charge in [0.15, 0.2) is 0 Å². The zero-order valence-corrected chi connectivity index (χ0v) is 10.9. The van der Waals surface area contributed by atoms with Crippen molar-refractivity contribution in [2.75, 3.05) is 0 Å². The second-order valence-electron chi connectivity index (χ2n) is 4.42. The van der Waals surface area contributed by atoms with Crippen LogP contribution in [-0.4, -0.2) is 20.2 Å². The Bertz CT molecular complexity index is 804. The summed E-state index contributed by atoms with van der Waals surface area (Å²) < 4.78 is 13.3. The number of nitriles is 1. The monoisotopic (exact) mass is 279 g/mol. The van der Waals surface area contributed by atoms with Gasteiger partial charge < -0.3 is 0 Å². The molecule has 0 bridgehead atoms. The van der Waals surface area contributed by atoms with Crippen LogP contribution in [0.15, 0.2) is 48.5 Å². The third-order valence-corrected chi connectivity index (χ3v) is 2.98. The average molecular weight is 279 g/mol. The van der Waals surface area contributed by atoms with Crippen molar-refractivity contribution in [3.63, 3.8) is 0 Å². The molecule has 2 aromatic carbocycles. The van der Waals surface area contributed by atoms with E-state index < -0.39 is 5.82 Å². The minimum absolute atomic E-state index is 0.195. The molecule has 21 heavy (non-hydrogen) atoms. The predicted molar refractivity (Wildman–Crippen MR) is 73.5 cm³/mol. The van der Waals surface area contributed by atoms with E-state index in [0.717, 1.165) is 5.56 Å². The molecule has 0 radical (unpaired) electrons. The Kier molecular flexibility index (Phi) is 3.39. The fourth-order valence-electron chi connectivity index (χ4n) is 1.97. The molecule has 0 aliphatic carbocycles. The summed E-state index contributed by atoms with van der Waals surface area (Å²) in [6, 6.07) is 15.5. The number of halogens is 1. The van der Waals surface area contributed by atoms with Crippen molar-refractivity contribution in [1.82, 2.24) is 20.2 Å². The molecule has 0 spiro atoms.